The smallest absolute Gasteiger partial charge is 0.0991 e. The molecule has 0 amide bonds. The van der Waals surface area contributed by atoms with Gasteiger partial charge in [0.15, 0.2) is 0 Å². The fourth-order valence-electron chi connectivity index (χ4n) is 7.83. The van der Waals surface area contributed by atoms with Gasteiger partial charge in [0.05, 0.1) is 57.2 Å². The summed E-state index contributed by atoms with van der Waals surface area (Å²) in [5.41, 5.74) is 15.4. The van der Waals surface area contributed by atoms with Gasteiger partial charge in [-0.2, -0.15) is 5.26 Å². The second-order valence-electron chi connectivity index (χ2n) is 14.4. The lowest BCUT2D eigenvalue weighted by molar-refractivity contribution is 0.761. The maximum atomic E-state index is 9.54. The molecule has 1 aliphatic rings. The predicted octanol–water partition coefficient (Wildman–Crippen LogP) is 12.6. The van der Waals surface area contributed by atoms with Gasteiger partial charge in [0.1, 0.15) is 0 Å². The third-order valence-corrected chi connectivity index (χ3v) is 10.7. The maximum Gasteiger partial charge on any atom is 0.0991 e. The number of nitriles is 1. The van der Waals surface area contributed by atoms with Gasteiger partial charge in [0, 0.05) is 16.3 Å². The van der Waals surface area contributed by atoms with Gasteiger partial charge in [-0.15, -0.1) is 0 Å². The average Bonchev–Trinajstić information content (AvgIpc) is 3.31. The maximum absolute atomic E-state index is 9.54. The summed E-state index contributed by atoms with van der Waals surface area (Å²) in [6.45, 7) is 0. The minimum absolute atomic E-state index is 0.149. The summed E-state index contributed by atoms with van der Waals surface area (Å²) in [5, 5.41) is 15.6. The monoisotopic (exact) mass is 741 g/mol. The van der Waals surface area contributed by atoms with Crippen LogP contribution in [0.3, 0.4) is 0 Å². The zero-order valence-electron chi connectivity index (χ0n) is 31.4. The van der Waals surface area contributed by atoms with E-state index in [-0.39, 0.29) is 6.04 Å². The van der Waals surface area contributed by atoms with Crippen molar-refractivity contribution in [3.63, 3.8) is 0 Å². The highest BCUT2D eigenvalue weighted by Gasteiger charge is 2.20. The van der Waals surface area contributed by atoms with Gasteiger partial charge in [0.25, 0.3) is 0 Å². The van der Waals surface area contributed by atoms with Crippen molar-refractivity contribution in [1.29, 1.82) is 5.26 Å². The number of aromatic nitrogens is 3. The second kappa shape index (κ2) is 15.0. The second-order valence-corrected chi connectivity index (χ2v) is 14.4. The van der Waals surface area contributed by atoms with Gasteiger partial charge < -0.3 is 5.32 Å². The molecule has 0 radical (unpaired) electrons. The van der Waals surface area contributed by atoms with E-state index in [0.29, 0.717) is 5.56 Å². The van der Waals surface area contributed by atoms with E-state index >= 15 is 0 Å². The number of hydrogen-bond acceptors (Lipinski definition) is 5. The van der Waals surface area contributed by atoms with Gasteiger partial charge in [0.2, 0.25) is 0 Å². The number of rotatable bonds is 7. The Hall–Kier alpha value is -7.94. The molecule has 3 aromatic heterocycles. The van der Waals surface area contributed by atoms with Crippen LogP contribution in [-0.4, -0.2) is 15.0 Å². The van der Waals surface area contributed by atoms with Crippen LogP contribution in [0.2, 0.25) is 0 Å². The molecule has 6 aromatic carbocycles. The first-order valence-corrected chi connectivity index (χ1v) is 19.4. The summed E-state index contributed by atoms with van der Waals surface area (Å²) >= 11 is 0. The molecule has 5 nitrogen and oxygen atoms in total. The van der Waals surface area contributed by atoms with Crippen LogP contribution < -0.4 is 5.32 Å². The molecular weight excluding hydrogens is 707 g/mol. The highest BCUT2D eigenvalue weighted by molar-refractivity contribution is 5.97. The van der Waals surface area contributed by atoms with Crippen molar-refractivity contribution >= 4 is 27.5 Å². The van der Waals surface area contributed by atoms with Crippen LogP contribution in [-0.2, 0) is 0 Å². The van der Waals surface area contributed by atoms with Crippen molar-refractivity contribution in [3.05, 3.63) is 217 Å². The molecule has 272 valence electrons. The van der Waals surface area contributed by atoms with Crippen molar-refractivity contribution < 1.29 is 0 Å². The molecule has 10 rings (SSSR count). The summed E-state index contributed by atoms with van der Waals surface area (Å²) in [5.74, 6) is 0. The minimum atomic E-state index is -0.149. The lowest BCUT2D eigenvalue weighted by Crippen LogP contribution is -2.21. The number of nitrogens with one attached hydrogen (secondary N) is 1. The van der Waals surface area contributed by atoms with Crippen LogP contribution in [0.25, 0.3) is 83.5 Å². The van der Waals surface area contributed by atoms with Crippen molar-refractivity contribution in [2.24, 2.45) is 0 Å². The Labute approximate surface area is 337 Å². The Morgan fingerprint density at radius 3 is 1.71 bits per heavy atom. The SMILES string of the molecule is N#Cc1ccc(-c2cc(-c3cccc(-c4cc(-c5ccccc5)c5ccccc5n4)n3)cc(C3C=CC=C(c4cc(-c5ccccc5)c5ccccc5n4)N3)c2)cc1. The molecule has 1 unspecified atom stereocenters. The van der Waals surface area contributed by atoms with Crippen molar-refractivity contribution in [2.45, 2.75) is 6.04 Å². The molecule has 1 atom stereocenters. The Kier molecular flexibility index (Phi) is 8.90. The molecule has 1 aliphatic heterocycles. The van der Waals surface area contributed by atoms with E-state index in [9.17, 15) is 5.26 Å². The van der Waals surface area contributed by atoms with Gasteiger partial charge in [-0.3, -0.25) is 0 Å². The van der Waals surface area contributed by atoms with E-state index in [2.05, 4.69) is 157 Å². The van der Waals surface area contributed by atoms with Crippen LogP contribution in [0, 0.1) is 11.3 Å². The molecule has 9 aromatic rings. The third-order valence-electron chi connectivity index (χ3n) is 10.7. The molecule has 1 N–H and O–H groups in total. The van der Waals surface area contributed by atoms with Crippen LogP contribution in [0.15, 0.2) is 200 Å². The number of dihydropyridines is 1. The Morgan fingerprint density at radius 2 is 1.03 bits per heavy atom. The molecule has 0 bridgehead atoms. The highest BCUT2D eigenvalue weighted by atomic mass is 15.0. The number of allylic oxidation sites excluding steroid dienone is 2. The van der Waals surface area contributed by atoms with Crippen LogP contribution in [0.1, 0.15) is 22.9 Å². The van der Waals surface area contributed by atoms with E-state index < -0.39 is 0 Å². The topological polar surface area (TPSA) is 74.5 Å². The number of benzene rings is 6. The van der Waals surface area contributed by atoms with Crippen LogP contribution in [0.4, 0.5) is 0 Å². The van der Waals surface area contributed by atoms with Crippen molar-refractivity contribution in [2.75, 3.05) is 0 Å². The number of hydrogen-bond donors (Lipinski definition) is 1. The molecule has 0 saturated heterocycles. The molecule has 0 aliphatic carbocycles. The average molecular weight is 742 g/mol. The zero-order valence-corrected chi connectivity index (χ0v) is 31.4. The standard InChI is InChI=1S/C53H35N5/c54-34-35-25-27-36(28-26-35)39-29-40(46-21-11-23-50(55-46)52-32-44(37-13-3-1-4-14-37)42-17-7-9-19-48(42)57-52)31-41(30-39)47-22-12-24-51(56-47)53-33-45(38-15-5-2-6-16-38)43-18-8-10-20-49(43)58-53/h1-33,46,55H. The third kappa shape index (κ3) is 6.70. The van der Waals surface area contributed by atoms with E-state index in [1.54, 1.807) is 0 Å². The summed E-state index contributed by atoms with van der Waals surface area (Å²) in [6.07, 6.45) is 6.38. The summed E-state index contributed by atoms with van der Waals surface area (Å²) in [6, 6.07) is 64.5. The molecular formula is C53H35N5. The fraction of sp³-hybridized carbons (Fsp3) is 0.0189. The number of nitrogens with zero attached hydrogens (tertiary/aromatic N) is 4. The van der Waals surface area contributed by atoms with Gasteiger partial charge in [-0.05, 0) is 112 Å². The van der Waals surface area contributed by atoms with E-state index in [1.807, 2.05) is 54.6 Å². The van der Waals surface area contributed by atoms with E-state index in [4.69, 9.17) is 15.0 Å². The Morgan fingerprint density at radius 1 is 0.448 bits per heavy atom. The molecule has 0 fully saturated rings. The largest absolute Gasteiger partial charge is 0.373 e. The molecule has 5 heteroatoms. The Balaban J connectivity index is 1.06. The first-order chi connectivity index (χ1) is 28.7. The Bertz CT molecular complexity index is 3090. The normalized spacial score (nSPS) is 13.5. The van der Waals surface area contributed by atoms with Gasteiger partial charge >= 0.3 is 0 Å². The first kappa shape index (κ1) is 34.5. The van der Waals surface area contributed by atoms with Crippen LogP contribution in [0.5, 0.6) is 0 Å². The lowest BCUT2D eigenvalue weighted by atomic mass is 9.93. The fourth-order valence-corrected chi connectivity index (χ4v) is 7.83. The number of para-hydroxylation sites is 2. The van der Waals surface area contributed by atoms with E-state index in [0.717, 1.165) is 94.8 Å². The summed E-state index contributed by atoms with van der Waals surface area (Å²) < 4.78 is 0. The summed E-state index contributed by atoms with van der Waals surface area (Å²) in [4.78, 5) is 15.5. The number of pyridine rings is 3. The first-order valence-electron chi connectivity index (χ1n) is 19.4. The highest BCUT2D eigenvalue weighted by Crippen LogP contribution is 2.36. The quantitative estimate of drug-likeness (QED) is 0.176. The molecule has 0 spiro atoms. The van der Waals surface area contributed by atoms with Gasteiger partial charge in [-0.25, -0.2) is 15.0 Å². The molecule has 0 saturated carbocycles. The molecule has 58 heavy (non-hydrogen) atoms. The zero-order chi connectivity index (χ0) is 38.8. The lowest BCUT2D eigenvalue weighted by Gasteiger charge is -2.24. The van der Waals surface area contributed by atoms with Crippen molar-refractivity contribution in [1.82, 2.24) is 20.3 Å². The predicted molar refractivity (Wildman–Crippen MR) is 236 cm³/mol. The van der Waals surface area contributed by atoms with Crippen molar-refractivity contribution in [3.8, 4) is 62.1 Å². The van der Waals surface area contributed by atoms with E-state index in [1.165, 1.54) is 0 Å². The molecule has 4 heterocycles. The van der Waals surface area contributed by atoms with Crippen LogP contribution >= 0.6 is 0 Å². The minimum Gasteiger partial charge on any atom is -0.373 e. The summed E-state index contributed by atoms with van der Waals surface area (Å²) in [7, 11) is 0. The number of fused-ring (bicyclic) bond motifs is 2. The van der Waals surface area contributed by atoms with Gasteiger partial charge in [-0.1, -0.05) is 127 Å².